The third-order valence-corrected chi connectivity index (χ3v) is 4.91. The Bertz CT molecular complexity index is 716. The average molecular weight is 344 g/mol. The van der Waals surface area contributed by atoms with Crippen LogP contribution in [0, 0.1) is 0 Å². The van der Waals surface area contributed by atoms with Gasteiger partial charge in [0.15, 0.2) is 0 Å². The van der Waals surface area contributed by atoms with Crippen molar-refractivity contribution < 1.29 is 9.59 Å². The standard InChI is InChI=1S/C17H20N4O2S/c1-21-10-8-14(16(21)22)20-17(23)18-9-7-13-11-24-15(19-13)12-5-3-2-4-6-12/h2-6,11,14H,7-10H2,1H3,(H2,18,20,23)/t14-/m1/s1. The van der Waals surface area contributed by atoms with Gasteiger partial charge in [0, 0.05) is 37.5 Å². The van der Waals surface area contributed by atoms with Crippen LogP contribution in [0.5, 0.6) is 0 Å². The maximum atomic E-state index is 11.9. The van der Waals surface area contributed by atoms with Crippen LogP contribution in [0.3, 0.4) is 0 Å². The molecule has 1 aliphatic heterocycles. The first-order chi connectivity index (χ1) is 11.6. The smallest absolute Gasteiger partial charge is 0.315 e. The lowest BCUT2D eigenvalue weighted by molar-refractivity contribution is -0.128. The first-order valence-electron chi connectivity index (χ1n) is 7.92. The number of hydrogen-bond acceptors (Lipinski definition) is 4. The van der Waals surface area contributed by atoms with Crippen molar-refractivity contribution in [3.63, 3.8) is 0 Å². The fourth-order valence-corrected chi connectivity index (χ4v) is 3.47. The summed E-state index contributed by atoms with van der Waals surface area (Å²) < 4.78 is 0. The maximum Gasteiger partial charge on any atom is 0.315 e. The first kappa shape index (κ1) is 16.4. The number of carbonyl (C=O) groups is 2. The van der Waals surface area contributed by atoms with Gasteiger partial charge in [0.25, 0.3) is 0 Å². The van der Waals surface area contributed by atoms with Gasteiger partial charge in [-0.1, -0.05) is 30.3 Å². The molecule has 7 heteroatoms. The molecule has 1 aromatic carbocycles. The number of likely N-dealkylation sites (tertiary alicyclic amines) is 1. The van der Waals surface area contributed by atoms with Crippen LogP contribution < -0.4 is 10.6 Å². The Kier molecular flexibility index (Phi) is 5.10. The van der Waals surface area contributed by atoms with Gasteiger partial charge in [-0.15, -0.1) is 11.3 Å². The van der Waals surface area contributed by atoms with E-state index in [-0.39, 0.29) is 11.9 Å². The fourth-order valence-electron chi connectivity index (χ4n) is 2.60. The van der Waals surface area contributed by atoms with Crippen LogP contribution in [0.2, 0.25) is 0 Å². The van der Waals surface area contributed by atoms with Gasteiger partial charge >= 0.3 is 6.03 Å². The number of benzene rings is 1. The Morgan fingerprint density at radius 3 is 2.88 bits per heavy atom. The van der Waals surface area contributed by atoms with Crippen LogP contribution in [0.15, 0.2) is 35.7 Å². The van der Waals surface area contributed by atoms with Crippen molar-refractivity contribution in [3.8, 4) is 10.6 Å². The lowest BCUT2D eigenvalue weighted by Gasteiger charge is -2.12. The van der Waals surface area contributed by atoms with E-state index < -0.39 is 6.04 Å². The minimum atomic E-state index is -0.404. The Morgan fingerprint density at radius 1 is 1.38 bits per heavy atom. The van der Waals surface area contributed by atoms with E-state index in [2.05, 4.69) is 15.6 Å². The number of carbonyl (C=O) groups excluding carboxylic acids is 2. The van der Waals surface area contributed by atoms with Gasteiger partial charge in [0.1, 0.15) is 11.0 Å². The summed E-state index contributed by atoms with van der Waals surface area (Å²) >= 11 is 1.60. The molecule has 1 fully saturated rings. The number of nitrogens with zero attached hydrogens (tertiary/aromatic N) is 2. The number of hydrogen-bond donors (Lipinski definition) is 2. The number of amides is 3. The topological polar surface area (TPSA) is 74.3 Å². The van der Waals surface area contributed by atoms with E-state index in [4.69, 9.17) is 0 Å². The fraction of sp³-hybridized carbons (Fsp3) is 0.353. The highest BCUT2D eigenvalue weighted by molar-refractivity contribution is 7.13. The highest BCUT2D eigenvalue weighted by Gasteiger charge is 2.29. The molecular formula is C17H20N4O2S. The zero-order valence-electron chi connectivity index (χ0n) is 13.5. The van der Waals surface area contributed by atoms with E-state index in [0.717, 1.165) is 16.3 Å². The lowest BCUT2D eigenvalue weighted by atomic mass is 10.2. The molecule has 3 amide bonds. The quantitative estimate of drug-likeness (QED) is 0.870. The molecule has 0 saturated carbocycles. The highest BCUT2D eigenvalue weighted by atomic mass is 32.1. The maximum absolute atomic E-state index is 11.9. The SMILES string of the molecule is CN1CC[C@@H](NC(=O)NCCc2csc(-c3ccccc3)n2)C1=O. The molecular weight excluding hydrogens is 324 g/mol. The second-order valence-corrected chi connectivity index (χ2v) is 6.62. The van der Waals surface area contributed by atoms with Gasteiger partial charge in [-0.2, -0.15) is 0 Å². The van der Waals surface area contributed by atoms with E-state index in [9.17, 15) is 9.59 Å². The van der Waals surface area contributed by atoms with E-state index in [1.165, 1.54) is 0 Å². The molecule has 1 saturated heterocycles. The van der Waals surface area contributed by atoms with Crippen LogP contribution in [-0.2, 0) is 11.2 Å². The largest absolute Gasteiger partial charge is 0.344 e. The molecule has 24 heavy (non-hydrogen) atoms. The van der Waals surface area contributed by atoms with Crippen molar-refractivity contribution in [3.05, 3.63) is 41.4 Å². The van der Waals surface area contributed by atoms with Crippen LogP contribution in [0.1, 0.15) is 12.1 Å². The Morgan fingerprint density at radius 2 is 2.17 bits per heavy atom. The molecule has 0 aliphatic carbocycles. The van der Waals surface area contributed by atoms with Gasteiger partial charge in [-0.05, 0) is 6.42 Å². The number of rotatable bonds is 5. The zero-order chi connectivity index (χ0) is 16.9. The minimum absolute atomic E-state index is 0.0304. The van der Waals surface area contributed by atoms with Gasteiger partial charge in [-0.3, -0.25) is 4.79 Å². The summed E-state index contributed by atoms with van der Waals surface area (Å²) in [5.41, 5.74) is 2.05. The normalized spacial score (nSPS) is 17.1. The van der Waals surface area contributed by atoms with Crippen molar-refractivity contribution in [2.75, 3.05) is 20.1 Å². The van der Waals surface area contributed by atoms with Crippen molar-refractivity contribution in [1.82, 2.24) is 20.5 Å². The van der Waals surface area contributed by atoms with E-state index in [1.54, 1.807) is 23.3 Å². The predicted molar refractivity (Wildman–Crippen MR) is 93.8 cm³/mol. The summed E-state index contributed by atoms with van der Waals surface area (Å²) in [6.07, 6.45) is 1.32. The van der Waals surface area contributed by atoms with Crippen molar-refractivity contribution in [2.24, 2.45) is 0 Å². The van der Waals surface area contributed by atoms with Crippen molar-refractivity contribution >= 4 is 23.3 Å². The second-order valence-electron chi connectivity index (χ2n) is 5.76. The van der Waals surface area contributed by atoms with E-state index in [0.29, 0.717) is 25.9 Å². The summed E-state index contributed by atoms with van der Waals surface area (Å²) in [4.78, 5) is 29.8. The predicted octanol–water partition coefficient (Wildman–Crippen LogP) is 1.88. The molecule has 2 N–H and O–H groups in total. The molecule has 126 valence electrons. The van der Waals surface area contributed by atoms with Crippen LogP contribution in [0.25, 0.3) is 10.6 Å². The average Bonchev–Trinajstić information content (AvgIpc) is 3.18. The minimum Gasteiger partial charge on any atom is -0.344 e. The third kappa shape index (κ3) is 3.91. The number of likely N-dealkylation sites (N-methyl/N-ethyl adjacent to an activating group) is 1. The molecule has 2 aromatic rings. The van der Waals surface area contributed by atoms with Crippen LogP contribution in [-0.4, -0.2) is 48.0 Å². The van der Waals surface area contributed by atoms with Crippen LogP contribution in [0.4, 0.5) is 4.79 Å². The summed E-state index contributed by atoms with van der Waals surface area (Å²) in [7, 11) is 1.74. The molecule has 0 spiro atoms. The number of nitrogens with one attached hydrogen (secondary N) is 2. The van der Waals surface area contributed by atoms with Crippen LogP contribution >= 0.6 is 11.3 Å². The number of urea groups is 1. The lowest BCUT2D eigenvalue weighted by Crippen LogP contribution is -2.46. The van der Waals surface area contributed by atoms with Gasteiger partial charge in [0.2, 0.25) is 5.91 Å². The summed E-state index contributed by atoms with van der Waals surface area (Å²) in [6.45, 7) is 1.17. The molecule has 6 nitrogen and oxygen atoms in total. The van der Waals surface area contributed by atoms with Crippen molar-refractivity contribution in [2.45, 2.75) is 18.9 Å². The second kappa shape index (κ2) is 7.44. The Hall–Kier alpha value is -2.41. The molecule has 0 radical (unpaired) electrons. The van der Waals surface area contributed by atoms with Gasteiger partial charge in [0.05, 0.1) is 5.69 Å². The number of thiazole rings is 1. The Labute approximate surface area is 144 Å². The Balaban J connectivity index is 1.44. The van der Waals surface area contributed by atoms with E-state index in [1.807, 2.05) is 35.7 Å². The first-order valence-corrected chi connectivity index (χ1v) is 8.80. The number of aromatic nitrogens is 1. The molecule has 0 unspecified atom stereocenters. The molecule has 0 bridgehead atoms. The summed E-state index contributed by atoms with van der Waals surface area (Å²) in [6, 6.07) is 9.32. The highest BCUT2D eigenvalue weighted by Crippen LogP contribution is 2.23. The third-order valence-electron chi connectivity index (χ3n) is 3.97. The van der Waals surface area contributed by atoms with E-state index >= 15 is 0 Å². The molecule has 1 atom stereocenters. The summed E-state index contributed by atoms with van der Waals surface area (Å²) in [5, 5.41) is 8.50. The van der Waals surface area contributed by atoms with Gasteiger partial charge < -0.3 is 15.5 Å². The van der Waals surface area contributed by atoms with Crippen molar-refractivity contribution in [1.29, 1.82) is 0 Å². The van der Waals surface area contributed by atoms with Gasteiger partial charge in [-0.25, -0.2) is 9.78 Å². The zero-order valence-corrected chi connectivity index (χ0v) is 14.3. The molecule has 1 aromatic heterocycles. The molecule has 3 rings (SSSR count). The molecule has 1 aliphatic rings. The molecule has 2 heterocycles. The monoisotopic (exact) mass is 344 g/mol. The summed E-state index contributed by atoms with van der Waals surface area (Å²) in [5.74, 6) is -0.0304.